The van der Waals surface area contributed by atoms with Crippen LogP contribution in [0.3, 0.4) is 0 Å². The zero-order chi connectivity index (χ0) is 13.8. The Balaban J connectivity index is 1.62. The van der Waals surface area contributed by atoms with Crippen LogP contribution in [-0.4, -0.2) is 17.3 Å². The summed E-state index contributed by atoms with van der Waals surface area (Å²) in [5.74, 6) is 2.36. The van der Waals surface area contributed by atoms with Crippen molar-refractivity contribution < 1.29 is 14.6 Å². The minimum Gasteiger partial charge on any atom is -0.488 e. The molecule has 0 aliphatic heterocycles. The summed E-state index contributed by atoms with van der Waals surface area (Å²) in [6, 6.07) is 17.2. The van der Waals surface area contributed by atoms with Gasteiger partial charge in [0.1, 0.15) is 23.4 Å². The van der Waals surface area contributed by atoms with Crippen LogP contribution in [0.15, 0.2) is 54.6 Å². The number of rotatable bonds is 4. The normalized spacial score (nSPS) is 21.6. The van der Waals surface area contributed by atoms with Gasteiger partial charge in [-0.2, -0.15) is 0 Å². The first-order valence-electron chi connectivity index (χ1n) is 6.99. The minimum absolute atomic E-state index is 0.0732. The Morgan fingerprint density at radius 2 is 1.45 bits per heavy atom. The summed E-state index contributed by atoms with van der Waals surface area (Å²) in [5.41, 5.74) is 0. The molecule has 2 atom stereocenters. The van der Waals surface area contributed by atoms with Crippen molar-refractivity contribution in [3.05, 3.63) is 54.6 Å². The first-order valence-corrected chi connectivity index (χ1v) is 6.99. The average Bonchev–Trinajstić information content (AvgIpc) is 2.88. The molecule has 3 heteroatoms. The lowest BCUT2D eigenvalue weighted by Crippen LogP contribution is -2.25. The van der Waals surface area contributed by atoms with Crippen molar-refractivity contribution >= 4 is 0 Å². The smallest absolute Gasteiger partial charge is 0.127 e. The fourth-order valence-electron chi connectivity index (χ4n) is 2.43. The highest BCUT2D eigenvalue weighted by atomic mass is 16.5. The number of para-hydroxylation sites is 1. The quantitative estimate of drug-likeness (QED) is 0.919. The van der Waals surface area contributed by atoms with Crippen molar-refractivity contribution in [3.63, 3.8) is 0 Å². The Morgan fingerprint density at radius 1 is 0.800 bits per heavy atom. The van der Waals surface area contributed by atoms with Crippen LogP contribution in [0.5, 0.6) is 17.2 Å². The second kappa shape index (κ2) is 5.97. The van der Waals surface area contributed by atoms with E-state index in [2.05, 4.69) is 0 Å². The zero-order valence-electron chi connectivity index (χ0n) is 11.2. The van der Waals surface area contributed by atoms with E-state index in [0.29, 0.717) is 0 Å². The average molecular weight is 270 g/mol. The molecule has 20 heavy (non-hydrogen) atoms. The number of hydrogen-bond donors (Lipinski definition) is 1. The van der Waals surface area contributed by atoms with Crippen molar-refractivity contribution in [2.75, 3.05) is 0 Å². The Hall–Kier alpha value is -2.00. The Morgan fingerprint density at radius 3 is 2.10 bits per heavy atom. The third-order valence-corrected chi connectivity index (χ3v) is 3.51. The molecule has 1 aliphatic rings. The molecule has 0 spiro atoms. The van der Waals surface area contributed by atoms with Gasteiger partial charge in [0.2, 0.25) is 0 Å². The molecule has 1 fully saturated rings. The Kier molecular flexibility index (Phi) is 3.88. The highest BCUT2D eigenvalue weighted by Crippen LogP contribution is 2.27. The minimum atomic E-state index is -0.338. The summed E-state index contributed by atoms with van der Waals surface area (Å²) in [5, 5.41) is 9.75. The van der Waals surface area contributed by atoms with Crippen LogP contribution in [0.2, 0.25) is 0 Å². The van der Waals surface area contributed by atoms with Gasteiger partial charge in [0.25, 0.3) is 0 Å². The summed E-state index contributed by atoms with van der Waals surface area (Å²) in [6.07, 6.45) is 2.37. The molecule has 3 nitrogen and oxygen atoms in total. The lowest BCUT2D eigenvalue weighted by atomic mass is 10.2. The largest absolute Gasteiger partial charge is 0.488 e. The van der Waals surface area contributed by atoms with Gasteiger partial charge < -0.3 is 14.6 Å². The molecule has 0 heterocycles. The number of ether oxygens (including phenoxy) is 2. The molecule has 1 aliphatic carbocycles. The summed E-state index contributed by atoms with van der Waals surface area (Å²) < 4.78 is 11.5. The van der Waals surface area contributed by atoms with Crippen molar-refractivity contribution in [1.29, 1.82) is 0 Å². The van der Waals surface area contributed by atoms with Crippen LogP contribution in [-0.2, 0) is 0 Å². The third kappa shape index (κ3) is 3.11. The highest BCUT2D eigenvalue weighted by Gasteiger charge is 2.26. The maximum absolute atomic E-state index is 9.75. The molecule has 2 aromatic carbocycles. The Labute approximate surface area is 118 Å². The molecular formula is C17H18O3. The summed E-state index contributed by atoms with van der Waals surface area (Å²) in [4.78, 5) is 0. The standard InChI is InChI=1S/C17H18O3/c18-16-7-4-8-17(16)20-15-11-9-14(10-12-15)19-13-5-2-1-3-6-13/h1-3,5-6,9-12,16-18H,4,7-8H2. The van der Waals surface area contributed by atoms with Gasteiger partial charge in [-0.1, -0.05) is 18.2 Å². The van der Waals surface area contributed by atoms with E-state index >= 15 is 0 Å². The summed E-state index contributed by atoms with van der Waals surface area (Å²) >= 11 is 0. The predicted molar refractivity (Wildman–Crippen MR) is 77.2 cm³/mol. The maximum Gasteiger partial charge on any atom is 0.127 e. The van der Waals surface area contributed by atoms with E-state index in [-0.39, 0.29) is 12.2 Å². The monoisotopic (exact) mass is 270 g/mol. The molecule has 0 aromatic heterocycles. The van der Waals surface area contributed by atoms with Crippen molar-refractivity contribution in [3.8, 4) is 17.2 Å². The molecule has 0 bridgehead atoms. The van der Waals surface area contributed by atoms with Crippen LogP contribution >= 0.6 is 0 Å². The number of hydrogen-bond acceptors (Lipinski definition) is 3. The van der Waals surface area contributed by atoms with Crippen LogP contribution in [0.25, 0.3) is 0 Å². The van der Waals surface area contributed by atoms with Gasteiger partial charge in [0, 0.05) is 0 Å². The Bertz CT molecular complexity index is 536. The van der Waals surface area contributed by atoms with E-state index in [4.69, 9.17) is 9.47 Å². The third-order valence-electron chi connectivity index (χ3n) is 3.51. The van der Waals surface area contributed by atoms with Crippen LogP contribution < -0.4 is 9.47 Å². The lowest BCUT2D eigenvalue weighted by Gasteiger charge is -2.17. The van der Waals surface area contributed by atoms with E-state index in [1.807, 2.05) is 54.6 Å². The second-order valence-corrected chi connectivity index (χ2v) is 5.04. The van der Waals surface area contributed by atoms with Gasteiger partial charge in [-0.25, -0.2) is 0 Å². The molecule has 0 amide bonds. The summed E-state index contributed by atoms with van der Waals surface area (Å²) in [6.45, 7) is 0. The van der Waals surface area contributed by atoms with Gasteiger partial charge in [-0.05, 0) is 55.7 Å². The molecule has 104 valence electrons. The molecule has 1 saturated carbocycles. The van der Waals surface area contributed by atoms with Gasteiger partial charge >= 0.3 is 0 Å². The molecule has 0 saturated heterocycles. The predicted octanol–water partition coefficient (Wildman–Crippen LogP) is 3.77. The molecule has 2 aromatic rings. The van der Waals surface area contributed by atoms with Crippen molar-refractivity contribution in [2.45, 2.75) is 31.5 Å². The fraction of sp³-hybridized carbons (Fsp3) is 0.294. The fourth-order valence-corrected chi connectivity index (χ4v) is 2.43. The van der Waals surface area contributed by atoms with Gasteiger partial charge in [-0.15, -0.1) is 0 Å². The molecule has 0 radical (unpaired) electrons. The van der Waals surface area contributed by atoms with Gasteiger partial charge in [-0.3, -0.25) is 0 Å². The topological polar surface area (TPSA) is 38.7 Å². The summed E-state index contributed by atoms with van der Waals surface area (Å²) in [7, 11) is 0. The highest BCUT2D eigenvalue weighted by molar-refractivity contribution is 5.35. The second-order valence-electron chi connectivity index (χ2n) is 5.04. The van der Waals surface area contributed by atoms with E-state index < -0.39 is 0 Å². The number of aliphatic hydroxyl groups excluding tert-OH is 1. The van der Waals surface area contributed by atoms with Gasteiger partial charge in [0.05, 0.1) is 6.10 Å². The van der Waals surface area contributed by atoms with Gasteiger partial charge in [0.15, 0.2) is 0 Å². The van der Waals surface area contributed by atoms with Crippen molar-refractivity contribution in [1.82, 2.24) is 0 Å². The number of aliphatic hydroxyl groups is 1. The molecule has 2 unspecified atom stereocenters. The lowest BCUT2D eigenvalue weighted by molar-refractivity contribution is 0.0604. The zero-order valence-corrected chi connectivity index (χ0v) is 11.2. The van der Waals surface area contributed by atoms with Crippen LogP contribution in [0.1, 0.15) is 19.3 Å². The number of benzene rings is 2. The molecule has 1 N–H and O–H groups in total. The first kappa shape index (κ1) is 13.0. The maximum atomic E-state index is 9.75. The van der Waals surface area contributed by atoms with E-state index in [9.17, 15) is 5.11 Å². The SMILES string of the molecule is OC1CCCC1Oc1ccc(Oc2ccccc2)cc1. The van der Waals surface area contributed by atoms with E-state index in [1.54, 1.807) is 0 Å². The molecule has 3 rings (SSSR count). The van der Waals surface area contributed by atoms with Crippen molar-refractivity contribution in [2.24, 2.45) is 0 Å². The van der Waals surface area contributed by atoms with Crippen LogP contribution in [0.4, 0.5) is 0 Å². The van der Waals surface area contributed by atoms with E-state index in [0.717, 1.165) is 36.5 Å². The molecular weight excluding hydrogens is 252 g/mol. The van der Waals surface area contributed by atoms with Crippen LogP contribution in [0, 0.1) is 0 Å². The van der Waals surface area contributed by atoms with E-state index in [1.165, 1.54) is 0 Å². The first-order chi connectivity index (χ1) is 9.81.